The molecule has 0 unspecified atom stereocenters. The van der Waals surface area contributed by atoms with Crippen LogP contribution in [0.1, 0.15) is 38.5 Å². The van der Waals surface area contributed by atoms with E-state index in [1.165, 1.54) is 0 Å². The minimum absolute atomic E-state index is 0.0112. The molecule has 1 aromatic rings. The van der Waals surface area contributed by atoms with E-state index in [1.54, 1.807) is 0 Å². The van der Waals surface area contributed by atoms with Crippen molar-refractivity contribution in [2.75, 3.05) is 5.32 Å². The first kappa shape index (κ1) is 15.5. The molecular weight excluding hydrogens is 344 g/mol. The summed E-state index contributed by atoms with van der Waals surface area (Å²) in [6, 6.07) is 8.04. The number of carbonyl (C=O) groups is 2. The number of para-hydroxylation sites is 1. The molecule has 0 radical (unpaired) electrons. The molecule has 4 nitrogen and oxygen atoms in total. The number of hydrogen-bond donors (Lipinski definition) is 2. The Morgan fingerprint density at radius 2 is 1.50 bits per heavy atom. The van der Waals surface area contributed by atoms with E-state index in [4.69, 9.17) is 0 Å². The molecule has 1 aromatic carbocycles. The van der Waals surface area contributed by atoms with Crippen molar-refractivity contribution >= 4 is 33.4 Å². The van der Waals surface area contributed by atoms with Gasteiger partial charge in [-0.15, -0.1) is 0 Å². The van der Waals surface area contributed by atoms with Crippen LogP contribution >= 0.6 is 15.9 Å². The van der Waals surface area contributed by atoms with E-state index in [1.807, 2.05) is 24.3 Å². The van der Waals surface area contributed by atoms with Gasteiger partial charge in [-0.25, -0.2) is 0 Å². The molecule has 2 N–H and O–H groups in total. The van der Waals surface area contributed by atoms with Crippen LogP contribution in [-0.2, 0) is 9.59 Å². The van der Waals surface area contributed by atoms with Crippen molar-refractivity contribution in [3.05, 3.63) is 28.7 Å². The smallest absolute Gasteiger partial charge is 0.227 e. The van der Waals surface area contributed by atoms with Gasteiger partial charge in [0.15, 0.2) is 0 Å². The Labute approximate surface area is 139 Å². The third kappa shape index (κ3) is 3.88. The lowest BCUT2D eigenvalue weighted by Crippen LogP contribution is -2.36. The maximum atomic E-state index is 12.4. The van der Waals surface area contributed by atoms with Crippen LogP contribution in [0.2, 0.25) is 0 Å². The summed E-state index contributed by atoms with van der Waals surface area (Å²) in [6.45, 7) is 0. The third-order valence-corrected chi connectivity index (χ3v) is 5.22. The predicted molar refractivity (Wildman–Crippen MR) is 89.4 cm³/mol. The number of rotatable bonds is 4. The van der Waals surface area contributed by atoms with E-state index >= 15 is 0 Å². The van der Waals surface area contributed by atoms with Crippen LogP contribution < -0.4 is 10.6 Å². The van der Waals surface area contributed by atoms with Crippen LogP contribution in [0.5, 0.6) is 0 Å². The van der Waals surface area contributed by atoms with Crippen molar-refractivity contribution < 1.29 is 9.59 Å². The highest BCUT2D eigenvalue weighted by atomic mass is 79.9. The topological polar surface area (TPSA) is 58.2 Å². The van der Waals surface area contributed by atoms with Crippen LogP contribution in [-0.4, -0.2) is 17.9 Å². The lowest BCUT2D eigenvalue weighted by Gasteiger charge is -2.27. The molecule has 0 aliphatic heterocycles. The summed E-state index contributed by atoms with van der Waals surface area (Å²) in [7, 11) is 0. The van der Waals surface area contributed by atoms with Gasteiger partial charge in [0.2, 0.25) is 11.8 Å². The Morgan fingerprint density at radius 3 is 2.09 bits per heavy atom. The molecule has 0 aromatic heterocycles. The molecule has 0 heterocycles. The zero-order valence-corrected chi connectivity index (χ0v) is 14.1. The van der Waals surface area contributed by atoms with E-state index in [2.05, 4.69) is 26.6 Å². The minimum atomic E-state index is 0.0112. The van der Waals surface area contributed by atoms with Gasteiger partial charge in [0, 0.05) is 22.4 Å². The first-order valence-corrected chi connectivity index (χ1v) is 8.78. The highest BCUT2D eigenvalue weighted by molar-refractivity contribution is 9.10. The number of anilines is 1. The van der Waals surface area contributed by atoms with Gasteiger partial charge < -0.3 is 10.6 Å². The molecule has 5 heteroatoms. The van der Waals surface area contributed by atoms with Gasteiger partial charge in [0.05, 0.1) is 5.69 Å². The Kier molecular flexibility index (Phi) is 4.81. The maximum Gasteiger partial charge on any atom is 0.227 e. The highest BCUT2D eigenvalue weighted by Crippen LogP contribution is 2.31. The Balaban J connectivity index is 1.49. The lowest BCUT2D eigenvalue weighted by atomic mass is 9.81. The summed E-state index contributed by atoms with van der Waals surface area (Å²) in [5.74, 6) is 0.352. The van der Waals surface area contributed by atoms with Crippen LogP contribution in [0.4, 0.5) is 5.69 Å². The van der Waals surface area contributed by atoms with Gasteiger partial charge in [-0.1, -0.05) is 12.1 Å². The fraction of sp³-hybridized carbons (Fsp3) is 0.529. The van der Waals surface area contributed by atoms with Gasteiger partial charge in [-0.05, 0) is 66.6 Å². The van der Waals surface area contributed by atoms with Crippen molar-refractivity contribution in [1.82, 2.24) is 5.32 Å². The summed E-state index contributed by atoms with van der Waals surface area (Å²) in [6.07, 6.45) is 5.45. The zero-order valence-electron chi connectivity index (χ0n) is 12.5. The monoisotopic (exact) mass is 364 g/mol. The number of carbonyl (C=O) groups excluding carboxylic acids is 2. The molecule has 118 valence electrons. The summed E-state index contributed by atoms with van der Waals surface area (Å²) in [5, 5.41) is 6.05. The average molecular weight is 365 g/mol. The second-order valence-electron chi connectivity index (χ2n) is 6.30. The second-order valence-corrected chi connectivity index (χ2v) is 7.15. The normalized spacial score (nSPS) is 24.6. The molecule has 2 saturated carbocycles. The average Bonchev–Trinajstić information content (AvgIpc) is 3.33. The predicted octanol–water partition coefficient (Wildman–Crippen LogP) is 3.47. The SMILES string of the molecule is O=C(Nc1ccccc1Br)C1CCC(C(=O)NC2CC2)CC1. The van der Waals surface area contributed by atoms with E-state index in [-0.39, 0.29) is 23.7 Å². The molecule has 2 aliphatic carbocycles. The molecule has 2 amide bonds. The van der Waals surface area contributed by atoms with E-state index in [0.717, 1.165) is 48.7 Å². The Morgan fingerprint density at radius 1 is 0.909 bits per heavy atom. The minimum Gasteiger partial charge on any atom is -0.353 e. The molecule has 0 spiro atoms. The van der Waals surface area contributed by atoms with Crippen LogP contribution in [0.25, 0.3) is 0 Å². The van der Waals surface area contributed by atoms with Crippen molar-refractivity contribution in [3.8, 4) is 0 Å². The summed E-state index contributed by atoms with van der Waals surface area (Å²) in [5.41, 5.74) is 0.807. The van der Waals surface area contributed by atoms with Crippen molar-refractivity contribution in [2.24, 2.45) is 11.8 Å². The van der Waals surface area contributed by atoms with Crippen molar-refractivity contribution in [3.63, 3.8) is 0 Å². The standard InChI is InChI=1S/C17H21BrN2O2/c18-14-3-1-2-4-15(14)20-17(22)12-7-5-11(6-8-12)16(21)19-13-9-10-13/h1-4,11-13H,5-10H2,(H,19,21)(H,20,22). The van der Waals surface area contributed by atoms with E-state index in [0.29, 0.717) is 6.04 Å². The Bertz CT molecular complexity index is 564. The van der Waals surface area contributed by atoms with E-state index < -0.39 is 0 Å². The van der Waals surface area contributed by atoms with Gasteiger partial charge in [0.1, 0.15) is 0 Å². The highest BCUT2D eigenvalue weighted by Gasteiger charge is 2.32. The fourth-order valence-corrected chi connectivity index (χ4v) is 3.35. The summed E-state index contributed by atoms with van der Waals surface area (Å²) < 4.78 is 0.890. The molecule has 0 bridgehead atoms. The summed E-state index contributed by atoms with van der Waals surface area (Å²) in [4.78, 5) is 24.4. The zero-order chi connectivity index (χ0) is 15.5. The van der Waals surface area contributed by atoms with Crippen LogP contribution in [0.3, 0.4) is 0 Å². The molecule has 2 aliphatic rings. The molecule has 0 atom stereocenters. The molecule has 3 rings (SSSR count). The Hall–Kier alpha value is -1.36. The van der Waals surface area contributed by atoms with E-state index in [9.17, 15) is 9.59 Å². The first-order valence-electron chi connectivity index (χ1n) is 7.99. The molecule has 0 saturated heterocycles. The number of benzene rings is 1. The summed E-state index contributed by atoms with van der Waals surface area (Å²) >= 11 is 3.44. The van der Waals surface area contributed by atoms with Crippen molar-refractivity contribution in [1.29, 1.82) is 0 Å². The largest absolute Gasteiger partial charge is 0.353 e. The quantitative estimate of drug-likeness (QED) is 0.859. The second kappa shape index (κ2) is 6.82. The maximum absolute atomic E-state index is 12.4. The van der Waals surface area contributed by atoms with Crippen LogP contribution in [0.15, 0.2) is 28.7 Å². The lowest BCUT2D eigenvalue weighted by molar-refractivity contribution is -0.128. The number of hydrogen-bond acceptors (Lipinski definition) is 2. The molecular formula is C17H21BrN2O2. The number of halogens is 1. The molecule has 22 heavy (non-hydrogen) atoms. The fourth-order valence-electron chi connectivity index (χ4n) is 2.96. The third-order valence-electron chi connectivity index (χ3n) is 4.52. The molecule has 2 fully saturated rings. The van der Waals surface area contributed by atoms with Gasteiger partial charge in [-0.3, -0.25) is 9.59 Å². The van der Waals surface area contributed by atoms with Gasteiger partial charge in [-0.2, -0.15) is 0 Å². The van der Waals surface area contributed by atoms with Crippen LogP contribution in [0, 0.1) is 11.8 Å². The van der Waals surface area contributed by atoms with Crippen molar-refractivity contribution in [2.45, 2.75) is 44.6 Å². The first-order chi connectivity index (χ1) is 10.6. The van der Waals surface area contributed by atoms with Gasteiger partial charge in [0.25, 0.3) is 0 Å². The van der Waals surface area contributed by atoms with Gasteiger partial charge >= 0.3 is 0 Å². The number of amides is 2. The number of nitrogens with one attached hydrogen (secondary N) is 2.